The number of carbonyl (C=O) groups is 1. The molecule has 0 aromatic heterocycles. The lowest BCUT2D eigenvalue weighted by Crippen LogP contribution is -2.44. The quantitative estimate of drug-likeness (QED) is 0.685. The Morgan fingerprint density at radius 2 is 2.00 bits per heavy atom. The monoisotopic (exact) mass is 307 g/mol. The van der Waals surface area contributed by atoms with E-state index in [4.69, 9.17) is 9.16 Å². The first kappa shape index (κ1) is 15.9. The number of benzene rings is 1. The van der Waals surface area contributed by atoms with Crippen molar-refractivity contribution in [3.05, 3.63) is 23.8 Å². The molecular formula is C16H25NO3Si. The topological polar surface area (TPSA) is 47.6 Å². The predicted molar refractivity (Wildman–Crippen MR) is 87.4 cm³/mol. The number of fused-ring (bicyclic) bond motifs is 1. The molecule has 1 heterocycles. The second-order valence-electron chi connectivity index (χ2n) is 7.07. The molecule has 1 aliphatic heterocycles. The maximum Gasteiger partial charge on any atom is 0.328 e. The van der Waals surface area contributed by atoms with Crippen LogP contribution in [0.2, 0.25) is 18.1 Å². The number of anilines is 1. The molecule has 0 fully saturated rings. The molecule has 0 radical (unpaired) electrons. The largest absolute Gasteiger partial charge is 0.543 e. The molecule has 2 rings (SSSR count). The van der Waals surface area contributed by atoms with Crippen molar-refractivity contribution in [1.82, 2.24) is 0 Å². The van der Waals surface area contributed by atoms with E-state index in [2.05, 4.69) is 39.2 Å². The molecule has 0 aliphatic carbocycles. The summed E-state index contributed by atoms with van der Waals surface area (Å²) >= 11 is 0. The highest BCUT2D eigenvalue weighted by molar-refractivity contribution is 6.74. The van der Waals surface area contributed by atoms with Gasteiger partial charge in [-0.3, -0.25) is 0 Å². The Balaban J connectivity index is 2.27. The van der Waals surface area contributed by atoms with E-state index >= 15 is 0 Å². The van der Waals surface area contributed by atoms with E-state index in [9.17, 15) is 4.79 Å². The van der Waals surface area contributed by atoms with E-state index in [0.29, 0.717) is 6.42 Å². The van der Waals surface area contributed by atoms with Crippen molar-refractivity contribution in [2.45, 2.75) is 51.4 Å². The first-order valence-electron chi connectivity index (χ1n) is 7.31. The van der Waals surface area contributed by atoms with Crippen LogP contribution < -0.4 is 9.74 Å². The second kappa shape index (κ2) is 5.37. The molecule has 1 aromatic carbocycles. The van der Waals surface area contributed by atoms with Crippen LogP contribution in [0.5, 0.6) is 5.75 Å². The van der Waals surface area contributed by atoms with Crippen molar-refractivity contribution in [3.8, 4) is 5.75 Å². The molecule has 1 N–H and O–H groups in total. The summed E-state index contributed by atoms with van der Waals surface area (Å²) in [5.74, 6) is 0.669. The Kier molecular flexibility index (Phi) is 4.06. The molecule has 1 unspecified atom stereocenters. The summed E-state index contributed by atoms with van der Waals surface area (Å²) in [5.41, 5.74) is 2.05. The molecule has 0 saturated carbocycles. The number of ether oxygens (including phenoxy) is 1. The Labute approximate surface area is 128 Å². The maximum absolute atomic E-state index is 11.7. The Morgan fingerprint density at radius 1 is 1.33 bits per heavy atom. The molecule has 4 nitrogen and oxygen atoms in total. The van der Waals surface area contributed by atoms with Gasteiger partial charge >= 0.3 is 5.97 Å². The third-order valence-electron chi connectivity index (χ3n) is 4.53. The van der Waals surface area contributed by atoms with Gasteiger partial charge in [0.25, 0.3) is 0 Å². The minimum absolute atomic E-state index is 0.142. The number of nitrogens with one attached hydrogen (secondary N) is 1. The van der Waals surface area contributed by atoms with Gasteiger partial charge in [-0.05, 0) is 30.3 Å². The van der Waals surface area contributed by atoms with Crippen LogP contribution in [0.3, 0.4) is 0 Å². The van der Waals surface area contributed by atoms with Gasteiger partial charge in [0, 0.05) is 17.7 Å². The van der Waals surface area contributed by atoms with E-state index in [0.717, 1.165) is 17.0 Å². The van der Waals surface area contributed by atoms with Crippen LogP contribution >= 0.6 is 0 Å². The van der Waals surface area contributed by atoms with Gasteiger partial charge in [0.1, 0.15) is 11.8 Å². The maximum atomic E-state index is 11.7. The van der Waals surface area contributed by atoms with Crippen molar-refractivity contribution in [3.63, 3.8) is 0 Å². The van der Waals surface area contributed by atoms with Crippen molar-refractivity contribution in [1.29, 1.82) is 0 Å². The highest BCUT2D eigenvalue weighted by Gasteiger charge is 2.40. The minimum Gasteiger partial charge on any atom is -0.543 e. The fraction of sp³-hybridized carbons (Fsp3) is 0.562. The van der Waals surface area contributed by atoms with Gasteiger partial charge < -0.3 is 14.5 Å². The van der Waals surface area contributed by atoms with Gasteiger partial charge in [-0.1, -0.05) is 26.8 Å². The van der Waals surface area contributed by atoms with Crippen molar-refractivity contribution < 1.29 is 14.0 Å². The van der Waals surface area contributed by atoms with E-state index in [-0.39, 0.29) is 17.0 Å². The standard InChI is InChI=1S/C16H25NO3Si/c1-16(2,3)21(5,6)20-14-9-7-8-12-11(14)10-13(17-12)15(18)19-4/h7-9,13,17H,10H2,1-6H3. The fourth-order valence-corrected chi connectivity index (χ4v) is 3.21. The number of hydrogen-bond acceptors (Lipinski definition) is 4. The average Bonchev–Trinajstić information content (AvgIpc) is 2.81. The van der Waals surface area contributed by atoms with Crippen molar-refractivity contribution in [2.24, 2.45) is 0 Å². The zero-order valence-corrected chi connectivity index (χ0v) is 14.7. The fourth-order valence-electron chi connectivity index (χ4n) is 2.16. The Hall–Kier alpha value is -1.49. The van der Waals surface area contributed by atoms with Crippen molar-refractivity contribution in [2.75, 3.05) is 12.4 Å². The molecule has 21 heavy (non-hydrogen) atoms. The molecule has 1 atom stereocenters. The van der Waals surface area contributed by atoms with Gasteiger partial charge in [0.15, 0.2) is 0 Å². The molecule has 0 bridgehead atoms. The third-order valence-corrected chi connectivity index (χ3v) is 8.87. The summed E-state index contributed by atoms with van der Waals surface area (Å²) in [6.45, 7) is 11.1. The lowest BCUT2D eigenvalue weighted by Gasteiger charge is -2.37. The minimum atomic E-state index is -1.89. The number of hydrogen-bond donors (Lipinski definition) is 1. The summed E-state index contributed by atoms with van der Waals surface area (Å²) in [7, 11) is -0.473. The predicted octanol–water partition coefficient (Wildman–Crippen LogP) is 3.58. The van der Waals surface area contributed by atoms with Gasteiger partial charge in [-0.15, -0.1) is 0 Å². The third kappa shape index (κ3) is 3.07. The lowest BCUT2D eigenvalue weighted by molar-refractivity contribution is -0.141. The van der Waals surface area contributed by atoms with E-state index in [1.807, 2.05) is 18.2 Å². The van der Waals surface area contributed by atoms with Crippen LogP contribution in [0.25, 0.3) is 0 Å². The smallest absolute Gasteiger partial charge is 0.328 e. The summed E-state index contributed by atoms with van der Waals surface area (Å²) in [5, 5.41) is 3.35. The van der Waals surface area contributed by atoms with E-state index in [1.54, 1.807) is 0 Å². The highest BCUT2D eigenvalue weighted by Crippen LogP contribution is 2.41. The lowest BCUT2D eigenvalue weighted by atomic mass is 10.1. The summed E-state index contributed by atoms with van der Waals surface area (Å²) in [4.78, 5) is 11.7. The summed E-state index contributed by atoms with van der Waals surface area (Å²) in [6.07, 6.45) is 0.618. The molecule has 1 aliphatic rings. The number of carbonyl (C=O) groups excluding carboxylic acids is 1. The first-order chi connectivity index (χ1) is 9.65. The molecule has 0 amide bonds. The Morgan fingerprint density at radius 3 is 2.57 bits per heavy atom. The zero-order chi connectivity index (χ0) is 15.8. The van der Waals surface area contributed by atoms with Crippen LogP contribution in [-0.2, 0) is 16.0 Å². The molecule has 0 saturated heterocycles. The van der Waals surface area contributed by atoms with Gasteiger partial charge in [-0.2, -0.15) is 0 Å². The Bertz CT molecular complexity index is 549. The summed E-state index contributed by atoms with van der Waals surface area (Å²) in [6, 6.07) is 5.64. The van der Waals surface area contributed by atoms with Crippen LogP contribution in [0.15, 0.2) is 18.2 Å². The zero-order valence-electron chi connectivity index (χ0n) is 13.7. The SMILES string of the molecule is COC(=O)C1Cc2c(cccc2O[Si](C)(C)C(C)(C)C)N1. The van der Waals surface area contributed by atoms with Crippen LogP contribution in [0, 0.1) is 0 Å². The summed E-state index contributed by atoms with van der Waals surface area (Å²) < 4.78 is 11.2. The average molecular weight is 307 g/mol. The van der Waals surface area contributed by atoms with Gasteiger partial charge in [0.2, 0.25) is 8.32 Å². The van der Waals surface area contributed by atoms with Gasteiger partial charge in [0.05, 0.1) is 7.11 Å². The number of esters is 1. The number of methoxy groups -OCH3 is 1. The molecular weight excluding hydrogens is 282 g/mol. The van der Waals surface area contributed by atoms with Crippen LogP contribution in [0.4, 0.5) is 5.69 Å². The molecule has 116 valence electrons. The van der Waals surface area contributed by atoms with Crippen LogP contribution in [0.1, 0.15) is 26.3 Å². The molecule has 1 aromatic rings. The first-order valence-corrected chi connectivity index (χ1v) is 10.2. The van der Waals surface area contributed by atoms with E-state index in [1.165, 1.54) is 7.11 Å². The van der Waals surface area contributed by atoms with Gasteiger partial charge in [-0.25, -0.2) is 4.79 Å². The second-order valence-corrected chi connectivity index (χ2v) is 11.8. The van der Waals surface area contributed by atoms with Crippen molar-refractivity contribution >= 4 is 20.0 Å². The van der Waals surface area contributed by atoms with E-state index < -0.39 is 8.32 Å². The normalized spacial score (nSPS) is 17.9. The molecule has 0 spiro atoms. The molecule has 5 heteroatoms. The highest BCUT2D eigenvalue weighted by atomic mass is 28.4. The van der Waals surface area contributed by atoms with Crippen LogP contribution in [-0.4, -0.2) is 27.4 Å². The number of rotatable bonds is 3.